The molecule has 182 valence electrons. The molecule has 35 heavy (non-hydrogen) atoms. The minimum Gasteiger partial charge on any atom is -0.492 e. The summed E-state index contributed by atoms with van der Waals surface area (Å²) in [5, 5.41) is 21.7. The molecule has 2 unspecified atom stereocenters. The van der Waals surface area contributed by atoms with Gasteiger partial charge in [0, 0.05) is 31.4 Å². The fourth-order valence-corrected chi connectivity index (χ4v) is 4.77. The summed E-state index contributed by atoms with van der Waals surface area (Å²) in [6, 6.07) is 8.88. The van der Waals surface area contributed by atoms with Crippen LogP contribution in [0.5, 0.6) is 11.5 Å². The molecule has 12 nitrogen and oxygen atoms in total. The standard InChI is InChI=1S/C10H9BClNO5.C10H10BNO5/c12-6-1-2-7-10-9(6)8(5-13(14)15)18-11(10)17-4-3-16-7;13-12(14)6-9-7-2-1-3-8-10(7)11(17-9)16-5-4-15-8/h1-2,8H,3-5H2;1-3,9H,4-6H2. The maximum atomic E-state index is 10.7. The Morgan fingerprint density at radius 3 is 2.11 bits per heavy atom. The lowest BCUT2D eigenvalue weighted by molar-refractivity contribution is -0.490. The number of nitro groups is 2. The Labute approximate surface area is 204 Å². The van der Waals surface area contributed by atoms with E-state index in [0.29, 0.717) is 54.0 Å². The van der Waals surface area contributed by atoms with Gasteiger partial charge in [-0.25, -0.2) is 0 Å². The number of hydrogen-bond acceptors (Lipinski definition) is 10. The molecule has 0 aliphatic carbocycles. The Morgan fingerprint density at radius 1 is 0.829 bits per heavy atom. The molecule has 6 rings (SSSR count). The Bertz CT molecular complexity index is 1160. The highest BCUT2D eigenvalue weighted by atomic mass is 35.5. The van der Waals surface area contributed by atoms with E-state index in [2.05, 4.69) is 0 Å². The van der Waals surface area contributed by atoms with Crippen LogP contribution in [-0.4, -0.2) is 63.6 Å². The van der Waals surface area contributed by atoms with Gasteiger partial charge in [-0.3, -0.25) is 20.2 Å². The predicted molar refractivity (Wildman–Crippen MR) is 123 cm³/mol. The molecule has 2 atom stereocenters. The number of nitrogens with zero attached hydrogens (tertiary/aromatic N) is 2. The van der Waals surface area contributed by atoms with Crippen molar-refractivity contribution in [3.63, 3.8) is 0 Å². The lowest BCUT2D eigenvalue weighted by Gasteiger charge is -2.11. The highest BCUT2D eigenvalue weighted by Gasteiger charge is 2.45. The molecule has 0 bridgehead atoms. The van der Waals surface area contributed by atoms with E-state index >= 15 is 0 Å². The van der Waals surface area contributed by atoms with Crippen molar-refractivity contribution < 1.29 is 37.9 Å². The van der Waals surface area contributed by atoms with Gasteiger partial charge in [0.15, 0.2) is 0 Å². The van der Waals surface area contributed by atoms with Gasteiger partial charge in [0.1, 0.15) is 36.9 Å². The van der Waals surface area contributed by atoms with E-state index in [-0.39, 0.29) is 18.0 Å². The number of ether oxygens (including phenoxy) is 2. The van der Waals surface area contributed by atoms with Crippen LogP contribution in [0.2, 0.25) is 5.02 Å². The molecular formula is C20H19B2ClN2O10. The normalized spacial score (nSPS) is 21.4. The Morgan fingerprint density at radius 2 is 1.43 bits per heavy atom. The predicted octanol–water partition coefficient (Wildman–Crippen LogP) is 0.931. The molecule has 0 N–H and O–H groups in total. The van der Waals surface area contributed by atoms with Crippen LogP contribution in [0.25, 0.3) is 0 Å². The molecule has 4 aliphatic heterocycles. The summed E-state index contributed by atoms with van der Waals surface area (Å²) >= 11 is 6.11. The Hall–Kier alpha value is -2.90. The first-order valence-corrected chi connectivity index (χ1v) is 11.3. The molecule has 0 saturated carbocycles. The van der Waals surface area contributed by atoms with E-state index in [9.17, 15) is 20.2 Å². The van der Waals surface area contributed by atoms with Crippen LogP contribution in [0, 0.1) is 20.2 Å². The van der Waals surface area contributed by atoms with Crippen molar-refractivity contribution in [3.05, 3.63) is 66.7 Å². The Kier molecular flexibility index (Phi) is 6.80. The summed E-state index contributed by atoms with van der Waals surface area (Å²) in [6.45, 7) is 1.10. The van der Waals surface area contributed by atoms with Crippen molar-refractivity contribution in [2.24, 2.45) is 0 Å². The zero-order valence-electron chi connectivity index (χ0n) is 18.3. The lowest BCUT2D eigenvalue weighted by atomic mass is 9.78. The number of halogens is 1. The lowest BCUT2D eigenvalue weighted by Crippen LogP contribution is -2.31. The summed E-state index contributed by atoms with van der Waals surface area (Å²) < 4.78 is 33.1. The third kappa shape index (κ3) is 4.80. The van der Waals surface area contributed by atoms with Gasteiger partial charge in [-0.15, -0.1) is 0 Å². The molecule has 15 heteroatoms. The molecule has 0 fully saturated rings. The van der Waals surface area contributed by atoms with Crippen molar-refractivity contribution in [1.82, 2.24) is 0 Å². The van der Waals surface area contributed by atoms with Crippen molar-refractivity contribution >= 4 is 36.8 Å². The van der Waals surface area contributed by atoms with E-state index in [1.54, 1.807) is 12.1 Å². The number of rotatable bonds is 4. The third-order valence-corrected chi connectivity index (χ3v) is 6.19. The van der Waals surface area contributed by atoms with Crippen molar-refractivity contribution in [3.8, 4) is 11.5 Å². The SMILES string of the molecule is O=[N+]([O-])CC1OB2OCCOc3ccc(Cl)c1c32.O=[N+]([O-])CC1OB2OCCOc3cccc1c32. The van der Waals surface area contributed by atoms with Gasteiger partial charge in [0.2, 0.25) is 13.1 Å². The number of benzene rings is 2. The van der Waals surface area contributed by atoms with E-state index in [1.165, 1.54) is 0 Å². The summed E-state index contributed by atoms with van der Waals surface area (Å²) in [7, 11) is -1.16. The second-order valence-corrected chi connectivity index (χ2v) is 8.42. The van der Waals surface area contributed by atoms with Crippen molar-refractivity contribution in [1.29, 1.82) is 0 Å². The summed E-state index contributed by atoms with van der Waals surface area (Å²) in [5.74, 6) is 1.33. The van der Waals surface area contributed by atoms with Gasteiger partial charge in [-0.1, -0.05) is 23.7 Å². The maximum Gasteiger partial charge on any atom is 0.498 e. The van der Waals surface area contributed by atoms with E-state index in [0.717, 1.165) is 11.0 Å². The molecule has 2 aromatic carbocycles. The van der Waals surface area contributed by atoms with Crippen LogP contribution in [0.3, 0.4) is 0 Å². The van der Waals surface area contributed by atoms with E-state index < -0.39 is 31.4 Å². The molecule has 2 aromatic rings. The van der Waals surface area contributed by atoms with E-state index in [1.807, 2.05) is 18.2 Å². The second-order valence-electron chi connectivity index (χ2n) is 8.01. The Balaban J connectivity index is 0.000000145. The fourth-order valence-electron chi connectivity index (χ4n) is 4.49. The molecule has 0 radical (unpaired) electrons. The highest BCUT2D eigenvalue weighted by molar-refractivity contribution is 6.65. The fraction of sp³-hybridized carbons (Fsp3) is 0.400. The summed E-state index contributed by atoms with van der Waals surface area (Å²) in [6.07, 6.45) is -1.24. The van der Waals surface area contributed by atoms with Crippen LogP contribution in [-0.2, 0) is 18.6 Å². The second kappa shape index (κ2) is 9.99. The third-order valence-electron chi connectivity index (χ3n) is 5.86. The molecule has 0 saturated heterocycles. The highest BCUT2D eigenvalue weighted by Crippen LogP contribution is 2.35. The largest absolute Gasteiger partial charge is 0.498 e. The number of hydrogen-bond donors (Lipinski definition) is 0. The van der Waals surface area contributed by atoms with Crippen LogP contribution < -0.4 is 20.4 Å². The van der Waals surface area contributed by atoms with Crippen molar-refractivity contribution in [2.45, 2.75) is 12.2 Å². The molecular weight excluding hydrogens is 485 g/mol. The maximum absolute atomic E-state index is 10.7. The quantitative estimate of drug-likeness (QED) is 0.335. The van der Waals surface area contributed by atoms with Gasteiger partial charge < -0.3 is 28.1 Å². The van der Waals surface area contributed by atoms with Gasteiger partial charge in [0.05, 0.1) is 13.2 Å². The van der Waals surface area contributed by atoms with Crippen molar-refractivity contribution in [2.75, 3.05) is 39.5 Å². The molecule has 0 spiro atoms. The first-order chi connectivity index (χ1) is 16.9. The van der Waals surface area contributed by atoms with Gasteiger partial charge in [0.25, 0.3) is 0 Å². The first kappa shape index (κ1) is 23.8. The molecule has 0 aromatic heterocycles. The average Bonchev–Trinajstić information content (AvgIpc) is 3.16. The molecule has 4 aliphatic rings. The summed E-state index contributed by atoms with van der Waals surface area (Å²) in [5.41, 5.74) is 2.90. The monoisotopic (exact) mass is 504 g/mol. The van der Waals surface area contributed by atoms with E-state index in [4.69, 9.17) is 39.7 Å². The average molecular weight is 504 g/mol. The smallest absolute Gasteiger partial charge is 0.492 e. The first-order valence-electron chi connectivity index (χ1n) is 10.9. The topological polar surface area (TPSA) is 142 Å². The minimum atomic E-state index is -0.686. The van der Waals surface area contributed by atoms with Gasteiger partial charge in [-0.2, -0.15) is 0 Å². The van der Waals surface area contributed by atoms with Crippen LogP contribution in [0.1, 0.15) is 23.3 Å². The summed E-state index contributed by atoms with van der Waals surface area (Å²) in [4.78, 5) is 20.4. The van der Waals surface area contributed by atoms with Crippen LogP contribution >= 0.6 is 11.6 Å². The molecule has 0 amide bonds. The zero-order valence-corrected chi connectivity index (χ0v) is 19.0. The zero-order chi connectivity index (χ0) is 24.5. The van der Waals surface area contributed by atoms with Gasteiger partial charge >= 0.3 is 14.2 Å². The molecule has 4 heterocycles. The van der Waals surface area contributed by atoms with Crippen LogP contribution in [0.15, 0.2) is 30.3 Å². The van der Waals surface area contributed by atoms with Gasteiger partial charge in [-0.05, 0) is 23.8 Å². The van der Waals surface area contributed by atoms with Crippen LogP contribution in [0.4, 0.5) is 0 Å². The minimum absolute atomic E-state index is 0.254.